The van der Waals surface area contributed by atoms with Gasteiger partial charge in [-0.1, -0.05) is 11.6 Å². The molecule has 1 aromatic carbocycles. The molecule has 148 valence electrons. The van der Waals surface area contributed by atoms with Crippen molar-refractivity contribution in [2.45, 2.75) is 38.8 Å². The molecule has 1 saturated heterocycles. The maximum atomic E-state index is 13.1. The third kappa shape index (κ3) is 3.70. The molecule has 2 N–H and O–H groups in total. The van der Waals surface area contributed by atoms with E-state index < -0.39 is 0 Å². The maximum absolute atomic E-state index is 13.1. The Kier molecular flexibility index (Phi) is 5.50. The van der Waals surface area contributed by atoms with Gasteiger partial charge in [-0.25, -0.2) is 4.68 Å². The number of pyridine rings is 1. The summed E-state index contributed by atoms with van der Waals surface area (Å²) >= 11 is 0. The van der Waals surface area contributed by atoms with Gasteiger partial charge in [0.2, 0.25) is 5.82 Å². The number of fused-ring (bicyclic) bond motifs is 1. The van der Waals surface area contributed by atoms with E-state index in [-0.39, 0.29) is 11.6 Å². The predicted molar refractivity (Wildman–Crippen MR) is 105 cm³/mol. The summed E-state index contributed by atoms with van der Waals surface area (Å²) in [5.74, 6) is 0.728. The lowest BCUT2D eigenvalue weighted by molar-refractivity contribution is -0.931. The molecule has 8 nitrogen and oxygen atoms in total. The van der Waals surface area contributed by atoms with E-state index in [2.05, 4.69) is 33.5 Å². The van der Waals surface area contributed by atoms with E-state index in [0.717, 1.165) is 53.8 Å². The number of aryl methyl sites for hydroxylation is 1. The van der Waals surface area contributed by atoms with Crippen LogP contribution in [0.2, 0.25) is 0 Å². The minimum Gasteiger partial charge on any atom is -0.383 e. The van der Waals surface area contributed by atoms with Crippen LogP contribution < -0.4 is 10.5 Å². The van der Waals surface area contributed by atoms with Crippen molar-refractivity contribution < 1.29 is 9.64 Å². The highest BCUT2D eigenvalue weighted by Gasteiger charge is 2.34. The molecule has 0 bridgehead atoms. The SMILES string of the molecule is COCCn1nnnc1[C@H](c1cc2cc(C)ccc2[nH]c1=O)[NH+]1CCCCC1. The van der Waals surface area contributed by atoms with Crippen molar-refractivity contribution in [1.82, 2.24) is 25.2 Å². The Labute approximate surface area is 163 Å². The fourth-order valence-corrected chi connectivity index (χ4v) is 4.15. The van der Waals surface area contributed by atoms with Gasteiger partial charge in [-0.3, -0.25) is 4.79 Å². The van der Waals surface area contributed by atoms with Gasteiger partial charge in [0.05, 0.1) is 31.8 Å². The average Bonchev–Trinajstić information content (AvgIpc) is 3.16. The van der Waals surface area contributed by atoms with Crippen molar-refractivity contribution in [2.24, 2.45) is 0 Å². The number of nitrogens with one attached hydrogen (secondary N) is 2. The van der Waals surface area contributed by atoms with E-state index >= 15 is 0 Å². The highest BCUT2D eigenvalue weighted by molar-refractivity contribution is 5.79. The van der Waals surface area contributed by atoms with Crippen LogP contribution in [0.25, 0.3) is 10.9 Å². The van der Waals surface area contributed by atoms with E-state index in [0.29, 0.717) is 13.2 Å². The lowest BCUT2D eigenvalue weighted by atomic mass is 10.00. The summed E-state index contributed by atoms with van der Waals surface area (Å²) in [6, 6.07) is 7.90. The van der Waals surface area contributed by atoms with Gasteiger partial charge in [0, 0.05) is 12.6 Å². The average molecular weight is 383 g/mol. The van der Waals surface area contributed by atoms with Crippen LogP contribution >= 0.6 is 0 Å². The number of likely N-dealkylation sites (tertiary alicyclic amines) is 1. The van der Waals surface area contributed by atoms with Crippen molar-refractivity contribution in [2.75, 3.05) is 26.8 Å². The summed E-state index contributed by atoms with van der Waals surface area (Å²) < 4.78 is 6.98. The second-order valence-corrected chi connectivity index (χ2v) is 7.55. The number of hydrogen-bond donors (Lipinski definition) is 2. The number of H-pyrrole nitrogens is 1. The standard InChI is InChI=1S/C20H26N6O2/c1-14-6-7-17-15(12-14)13-16(20(27)21-17)18(25-8-4-3-5-9-25)19-22-23-24-26(19)10-11-28-2/h6-7,12-13,18H,3-5,8-11H2,1-2H3,(H,21,27)/p+1/t18-/m0/s1. The Morgan fingerprint density at radius 2 is 2.07 bits per heavy atom. The zero-order valence-corrected chi connectivity index (χ0v) is 16.4. The van der Waals surface area contributed by atoms with Gasteiger partial charge < -0.3 is 14.6 Å². The Hall–Kier alpha value is -2.58. The van der Waals surface area contributed by atoms with Crippen molar-refractivity contribution in [3.8, 4) is 0 Å². The number of methoxy groups -OCH3 is 1. The van der Waals surface area contributed by atoms with Crippen LogP contribution in [0.4, 0.5) is 0 Å². The molecule has 1 aliphatic rings. The molecule has 3 heterocycles. The first-order valence-corrected chi connectivity index (χ1v) is 9.90. The normalized spacial score (nSPS) is 16.5. The monoisotopic (exact) mass is 383 g/mol. The molecular weight excluding hydrogens is 356 g/mol. The van der Waals surface area contributed by atoms with Crippen molar-refractivity contribution in [3.05, 3.63) is 51.6 Å². The summed E-state index contributed by atoms with van der Waals surface area (Å²) in [4.78, 5) is 17.5. The third-order valence-electron chi connectivity index (χ3n) is 5.57. The van der Waals surface area contributed by atoms with E-state index in [4.69, 9.17) is 4.74 Å². The third-order valence-corrected chi connectivity index (χ3v) is 5.57. The summed E-state index contributed by atoms with van der Waals surface area (Å²) in [5.41, 5.74) is 2.67. The van der Waals surface area contributed by atoms with Crippen LogP contribution in [-0.4, -0.2) is 52.0 Å². The number of aromatic nitrogens is 5. The predicted octanol–water partition coefficient (Wildman–Crippen LogP) is 0.628. The number of nitrogens with zero attached hydrogens (tertiary/aromatic N) is 4. The minimum absolute atomic E-state index is 0.0688. The second-order valence-electron chi connectivity index (χ2n) is 7.55. The molecule has 0 aliphatic carbocycles. The Morgan fingerprint density at radius 3 is 2.86 bits per heavy atom. The highest BCUT2D eigenvalue weighted by Crippen LogP contribution is 2.20. The topological polar surface area (TPSA) is 90.1 Å². The molecular formula is C20H27N6O2+. The first-order chi connectivity index (χ1) is 13.7. The molecule has 1 aliphatic heterocycles. The molecule has 0 amide bonds. The molecule has 0 spiro atoms. The summed E-state index contributed by atoms with van der Waals surface area (Å²) in [5, 5.41) is 13.4. The highest BCUT2D eigenvalue weighted by atomic mass is 16.5. The number of rotatable bonds is 6. The number of quaternary nitrogens is 1. The lowest BCUT2D eigenvalue weighted by Gasteiger charge is -2.30. The first-order valence-electron chi connectivity index (χ1n) is 9.90. The van der Waals surface area contributed by atoms with Crippen LogP contribution in [-0.2, 0) is 11.3 Å². The number of aromatic amines is 1. The molecule has 4 rings (SSSR count). The van der Waals surface area contributed by atoms with Gasteiger partial charge in [-0.15, -0.1) is 5.10 Å². The summed E-state index contributed by atoms with van der Waals surface area (Å²) in [7, 11) is 1.66. The molecule has 1 atom stereocenters. The number of piperidine rings is 1. The fraction of sp³-hybridized carbons (Fsp3) is 0.500. The van der Waals surface area contributed by atoms with Gasteiger partial charge in [-0.05, 0) is 60.2 Å². The van der Waals surface area contributed by atoms with Crippen LogP contribution in [0.1, 0.15) is 42.3 Å². The van der Waals surface area contributed by atoms with E-state index in [9.17, 15) is 4.79 Å². The molecule has 1 fully saturated rings. The maximum Gasteiger partial charge on any atom is 0.258 e. The molecule has 8 heteroatoms. The summed E-state index contributed by atoms with van der Waals surface area (Å²) in [6.07, 6.45) is 3.53. The number of ether oxygens (including phenoxy) is 1. The Balaban J connectivity index is 1.84. The molecule has 0 unspecified atom stereocenters. The van der Waals surface area contributed by atoms with Crippen LogP contribution in [0.3, 0.4) is 0 Å². The van der Waals surface area contributed by atoms with E-state index in [1.54, 1.807) is 11.8 Å². The van der Waals surface area contributed by atoms with Crippen molar-refractivity contribution in [1.29, 1.82) is 0 Å². The molecule has 28 heavy (non-hydrogen) atoms. The zero-order chi connectivity index (χ0) is 19.5. The Morgan fingerprint density at radius 1 is 1.25 bits per heavy atom. The van der Waals surface area contributed by atoms with Gasteiger partial charge in [0.25, 0.3) is 5.56 Å². The number of benzene rings is 1. The number of tetrazole rings is 1. The van der Waals surface area contributed by atoms with Crippen LogP contribution in [0, 0.1) is 6.92 Å². The smallest absolute Gasteiger partial charge is 0.258 e. The van der Waals surface area contributed by atoms with Gasteiger partial charge >= 0.3 is 0 Å². The molecule has 0 radical (unpaired) electrons. The van der Waals surface area contributed by atoms with Crippen LogP contribution in [0.5, 0.6) is 0 Å². The quantitative estimate of drug-likeness (QED) is 0.652. The van der Waals surface area contributed by atoms with Crippen molar-refractivity contribution in [3.63, 3.8) is 0 Å². The minimum atomic E-state index is -0.194. The second kappa shape index (κ2) is 8.20. The van der Waals surface area contributed by atoms with E-state index in [1.165, 1.54) is 11.3 Å². The first kappa shape index (κ1) is 18.8. The number of hydrogen-bond acceptors (Lipinski definition) is 5. The van der Waals surface area contributed by atoms with Gasteiger partial charge in [0.15, 0.2) is 6.04 Å². The van der Waals surface area contributed by atoms with Gasteiger partial charge in [0.1, 0.15) is 0 Å². The van der Waals surface area contributed by atoms with Gasteiger partial charge in [-0.2, -0.15) is 0 Å². The molecule has 0 saturated carbocycles. The molecule has 2 aromatic heterocycles. The van der Waals surface area contributed by atoms with Crippen molar-refractivity contribution >= 4 is 10.9 Å². The van der Waals surface area contributed by atoms with Crippen LogP contribution in [0.15, 0.2) is 29.1 Å². The van der Waals surface area contributed by atoms with E-state index in [1.807, 2.05) is 18.2 Å². The molecule has 3 aromatic rings. The zero-order valence-electron chi connectivity index (χ0n) is 16.4. The lowest BCUT2D eigenvalue weighted by Crippen LogP contribution is -3.13. The fourth-order valence-electron chi connectivity index (χ4n) is 4.15. The Bertz CT molecular complexity index is 1010. The largest absolute Gasteiger partial charge is 0.383 e. The summed E-state index contributed by atoms with van der Waals surface area (Å²) in [6.45, 7) is 5.16.